The van der Waals surface area contributed by atoms with Crippen LogP contribution in [0.3, 0.4) is 0 Å². The van der Waals surface area contributed by atoms with Gasteiger partial charge in [0.1, 0.15) is 0 Å². The summed E-state index contributed by atoms with van der Waals surface area (Å²) in [6.45, 7) is 0. The molecule has 0 fully saturated rings. The van der Waals surface area contributed by atoms with Crippen LogP contribution in [0.15, 0.2) is 0 Å². The molecular weight excluding hydrogens is 166 g/mol. The first-order valence-corrected chi connectivity index (χ1v) is 0.873. The fourth-order valence-corrected chi connectivity index (χ4v) is 0. The molecule has 0 saturated carbocycles. The van der Waals surface area contributed by atoms with E-state index in [1.165, 1.54) is 0 Å². The zero-order valence-electron chi connectivity index (χ0n) is 2.09. The van der Waals surface area contributed by atoms with E-state index in [1.54, 1.807) is 0 Å². The second kappa shape index (κ2) is 6.80. The van der Waals surface area contributed by atoms with Crippen molar-refractivity contribution in [2.24, 2.45) is 0 Å². The average molecular weight is 169 g/mol. The van der Waals surface area contributed by atoms with E-state index in [1.807, 2.05) is 0 Å². The van der Waals surface area contributed by atoms with Crippen molar-refractivity contribution in [2.45, 2.75) is 0 Å². The number of rotatable bonds is 0. The molecular formula is H3BCaF4K-. The third-order valence-corrected chi connectivity index (χ3v) is 0. The van der Waals surface area contributed by atoms with Crippen molar-refractivity contribution in [2.75, 3.05) is 0 Å². The molecule has 0 spiro atoms. The maximum atomic E-state index is 9.75. The van der Waals surface area contributed by atoms with Gasteiger partial charge in [0, 0.05) is 0 Å². The SMILES string of the molecule is F[B-](F)(F)F.[CaH2].[KH]. The molecule has 0 unspecified atom stereocenters. The first-order chi connectivity index (χ1) is 2.00. The Bertz CT molecular complexity index is 27.2. The molecule has 0 rings (SSSR count). The predicted octanol–water partition coefficient (Wildman–Crippen LogP) is -0.265. The van der Waals surface area contributed by atoms with Crippen LogP contribution in [0.4, 0.5) is 17.3 Å². The quantitative estimate of drug-likeness (QED) is 0.346. The molecule has 0 saturated heterocycles. The van der Waals surface area contributed by atoms with Gasteiger partial charge in [-0.05, 0) is 0 Å². The molecule has 0 aromatic carbocycles. The molecule has 0 atom stereocenters. The minimum atomic E-state index is -6.00. The number of halogens is 4. The summed E-state index contributed by atoms with van der Waals surface area (Å²) in [5.74, 6) is 0. The van der Waals surface area contributed by atoms with Crippen LogP contribution in [-0.2, 0) is 0 Å². The van der Waals surface area contributed by atoms with Crippen LogP contribution < -0.4 is 0 Å². The van der Waals surface area contributed by atoms with E-state index >= 15 is 0 Å². The fraction of sp³-hybridized carbons (Fsp3) is 0. The van der Waals surface area contributed by atoms with E-state index in [-0.39, 0.29) is 89.1 Å². The first-order valence-electron chi connectivity index (χ1n) is 0.873. The molecule has 0 aromatic rings. The van der Waals surface area contributed by atoms with Crippen molar-refractivity contribution in [1.29, 1.82) is 0 Å². The van der Waals surface area contributed by atoms with E-state index < -0.39 is 7.25 Å². The van der Waals surface area contributed by atoms with Crippen molar-refractivity contribution in [3.8, 4) is 0 Å². The van der Waals surface area contributed by atoms with Gasteiger partial charge in [-0.1, -0.05) is 0 Å². The summed E-state index contributed by atoms with van der Waals surface area (Å²) in [6, 6.07) is 0. The fourth-order valence-electron chi connectivity index (χ4n) is 0. The Labute approximate surface area is 111 Å². The zero-order chi connectivity index (χ0) is 4.50. The number of hydrogen-bond acceptors (Lipinski definition) is 0. The van der Waals surface area contributed by atoms with Crippen LogP contribution in [0.5, 0.6) is 0 Å². The summed E-state index contributed by atoms with van der Waals surface area (Å²) < 4.78 is 39.0. The van der Waals surface area contributed by atoms with Crippen LogP contribution in [0, 0.1) is 0 Å². The molecule has 38 valence electrons. The third kappa shape index (κ3) is 53.9. The van der Waals surface area contributed by atoms with E-state index in [9.17, 15) is 17.3 Å². The van der Waals surface area contributed by atoms with Crippen LogP contribution in [0.2, 0.25) is 0 Å². The van der Waals surface area contributed by atoms with Gasteiger partial charge in [0.2, 0.25) is 0 Å². The molecule has 0 heterocycles. The van der Waals surface area contributed by atoms with Crippen LogP contribution in [-0.4, -0.2) is 96.4 Å². The Morgan fingerprint density at radius 2 is 0.857 bits per heavy atom. The van der Waals surface area contributed by atoms with E-state index in [0.717, 1.165) is 0 Å². The van der Waals surface area contributed by atoms with Gasteiger partial charge in [-0.15, -0.1) is 0 Å². The van der Waals surface area contributed by atoms with Crippen molar-refractivity contribution in [1.82, 2.24) is 0 Å². The second-order valence-electron chi connectivity index (χ2n) is 0.495. The average Bonchev–Trinajstić information content (AvgIpc) is 0.722. The standard InChI is InChI=1S/BF4.Ca.K.3H/c2-1(3,4)5;;;;;/q-1;;;;;. The predicted molar refractivity (Wildman–Crippen MR) is 25.9 cm³/mol. The zero-order valence-corrected chi connectivity index (χ0v) is 2.09. The molecule has 0 amide bonds. The summed E-state index contributed by atoms with van der Waals surface area (Å²) in [5.41, 5.74) is 0. The molecule has 0 N–H and O–H groups in total. The van der Waals surface area contributed by atoms with Crippen molar-refractivity contribution < 1.29 is 17.3 Å². The molecule has 7 heavy (non-hydrogen) atoms. The van der Waals surface area contributed by atoms with Crippen molar-refractivity contribution in [3.05, 3.63) is 0 Å². The summed E-state index contributed by atoms with van der Waals surface area (Å²) in [5, 5.41) is 0. The summed E-state index contributed by atoms with van der Waals surface area (Å²) in [4.78, 5) is 0. The second-order valence-corrected chi connectivity index (χ2v) is 0.495. The van der Waals surface area contributed by atoms with Gasteiger partial charge in [-0.3, -0.25) is 0 Å². The Balaban J connectivity index is -0.0000000800. The summed E-state index contributed by atoms with van der Waals surface area (Å²) in [7, 11) is -6.00. The van der Waals surface area contributed by atoms with Gasteiger partial charge in [-0.2, -0.15) is 0 Å². The molecule has 0 aromatic heterocycles. The minimum absolute atomic E-state index is 0. The third-order valence-electron chi connectivity index (χ3n) is 0. The number of hydrogen-bond donors (Lipinski definition) is 0. The summed E-state index contributed by atoms with van der Waals surface area (Å²) in [6.07, 6.45) is 0. The Morgan fingerprint density at radius 1 is 0.857 bits per heavy atom. The van der Waals surface area contributed by atoms with Gasteiger partial charge in [0.15, 0.2) is 0 Å². The molecule has 0 aliphatic heterocycles. The van der Waals surface area contributed by atoms with Crippen LogP contribution in [0.1, 0.15) is 0 Å². The Hall–Kier alpha value is 2.68. The molecule has 0 radical (unpaired) electrons. The van der Waals surface area contributed by atoms with Crippen LogP contribution in [0.25, 0.3) is 0 Å². The topological polar surface area (TPSA) is 0 Å². The molecule has 0 bridgehead atoms. The van der Waals surface area contributed by atoms with Gasteiger partial charge in [0.25, 0.3) is 0 Å². The normalized spacial score (nSPS) is 8.57. The maximum absolute atomic E-state index is 9.75. The Kier molecular flexibility index (Phi) is 15.9. The van der Waals surface area contributed by atoms with Gasteiger partial charge in [-0.25, -0.2) is 0 Å². The monoisotopic (exact) mass is 169 g/mol. The molecule has 0 aliphatic carbocycles. The molecule has 0 nitrogen and oxygen atoms in total. The first kappa shape index (κ1) is 16.3. The Morgan fingerprint density at radius 3 is 0.857 bits per heavy atom. The van der Waals surface area contributed by atoms with E-state index in [2.05, 4.69) is 0 Å². The van der Waals surface area contributed by atoms with Crippen molar-refractivity contribution >= 4 is 96.4 Å². The van der Waals surface area contributed by atoms with E-state index in [4.69, 9.17) is 0 Å². The van der Waals surface area contributed by atoms with E-state index in [0.29, 0.717) is 0 Å². The van der Waals surface area contributed by atoms with Gasteiger partial charge in [0.05, 0.1) is 0 Å². The van der Waals surface area contributed by atoms with Crippen LogP contribution >= 0.6 is 0 Å². The molecule has 7 heteroatoms. The van der Waals surface area contributed by atoms with Gasteiger partial charge < -0.3 is 17.3 Å². The molecule has 0 aliphatic rings. The summed E-state index contributed by atoms with van der Waals surface area (Å²) >= 11 is 0. The van der Waals surface area contributed by atoms with Crippen molar-refractivity contribution in [3.63, 3.8) is 0 Å². The van der Waals surface area contributed by atoms with Gasteiger partial charge >= 0.3 is 96.4 Å².